The van der Waals surface area contributed by atoms with Gasteiger partial charge in [0.05, 0.1) is 0 Å². The van der Waals surface area contributed by atoms with Gasteiger partial charge in [-0.05, 0) is 30.5 Å². The Balaban J connectivity index is 2.55. The molecule has 1 aromatic heterocycles. The molecule has 1 unspecified atom stereocenters. The van der Waals surface area contributed by atoms with E-state index in [1.165, 1.54) is 17.7 Å². The molecular formula is C14H25N3. The Kier molecular flexibility index (Phi) is 6.82. The molecule has 0 aromatic carbocycles. The third-order valence-corrected chi connectivity index (χ3v) is 2.95. The van der Waals surface area contributed by atoms with Crippen LogP contribution in [0.15, 0.2) is 18.3 Å². The van der Waals surface area contributed by atoms with Crippen LogP contribution in [0.25, 0.3) is 0 Å². The molecule has 3 nitrogen and oxygen atoms in total. The molecule has 1 aromatic rings. The highest BCUT2D eigenvalue weighted by atomic mass is 14.9. The zero-order chi connectivity index (χ0) is 12.5. The minimum absolute atomic E-state index is 0.489. The van der Waals surface area contributed by atoms with Crippen molar-refractivity contribution < 1.29 is 0 Å². The van der Waals surface area contributed by atoms with Crippen LogP contribution in [-0.4, -0.2) is 24.1 Å². The summed E-state index contributed by atoms with van der Waals surface area (Å²) in [6.45, 7) is 5.98. The second-order valence-electron chi connectivity index (χ2n) is 4.46. The average Bonchev–Trinajstić information content (AvgIpc) is 2.35. The van der Waals surface area contributed by atoms with Gasteiger partial charge in [-0.2, -0.15) is 0 Å². The van der Waals surface area contributed by atoms with Crippen molar-refractivity contribution in [1.29, 1.82) is 0 Å². The van der Waals surface area contributed by atoms with Crippen molar-refractivity contribution in [3.8, 4) is 0 Å². The van der Waals surface area contributed by atoms with Crippen LogP contribution < -0.4 is 11.1 Å². The van der Waals surface area contributed by atoms with Crippen LogP contribution in [0.3, 0.4) is 0 Å². The Labute approximate surface area is 105 Å². The Bertz CT molecular complexity index is 312. The molecule has 1 rings (SSSR count). The summed E-state index contributed by atoms with van der Waals surface area (Å²) in [5, 5.41) is 3.45. The maximum Gasteiger partial charge on any atom is 0.0421 e. The van der Waals surface area contributed by atoms with Gasteiger partial charge in [-0.3, -0.25) is 4.98 Å². The summed E-state index contributed by atoms with van der Waals surface area (Å²) in [5.74, 6) is 0. The van der Waals surface area contributed by atoms with E-state index >= 15 is 0 Å². The highest BCUT2D eigenvalue weighted by Gasteiger charge is 2.07. The van der Waals surface area contributed by atoms with E-state index < -0.39 is 0 Å². The lowest BCUT2D eigenvalue weighted by Gasteiger charge is -2.16. The number of hydrogen-bond donors (Lipinski definition) is 2. The van der Waals surface area contributed by atoms with Crippen LogP contribution in [-0.2, 0) is 12.8 Å². The van der Waals surface area contributed by atoms with E-state index in [2.05, 4.69) is 36.3 Å². The third kappa shape index (κ3) is 5.29. The fraction of sp³-hybridized carbons (Fsp3) is 0.643. The largest absolute Gasteiger partial charge is 0.329 e. The van der Waals surface area contributed by atoms with Crippen molar-refractivity contribution in [1.82, 2.24) is 10.3 Å². The zero-order valence-corrected chi connectivity index (χ0v) is 11.1. The summed E-state index contributed by atoms with van der Waals surface area (Å²) in [7, 11) is 0. The van der Waals surface area contributed by atoms with Gasteiger partial charge in [0.25, 0.3) is 0 Å². The number of rotatable bonds is 8. The highest BCUT2D eigenvalue weighted by molar-refractivity contribution is 5.17. The van der Waals surface area contributed by atoms with E-state index in [4.69, 9.17) is 5.73 Å². The van der Waals surface area contributed by atoms with Crippen LogP contribution in [0.1, 0.15) is 37.9 Å². The highest BCUT2D eigenvalue weighted by Crippen LogP contribution is 2.08. The van der Waals surface area contributed by atoms with Crippen molar-refractivity contribution in [2.24, 2.45) is 5.73 Å². The monoisotopic (exact) mass is 235 g/mol. The van der Waals surface area contributed by atoms with Crippen molar-refractivity contribution in [3.63, 3.8) is 0 Å². The van der Waals surface area contributed by atoms with E-state index in [1.54, 1.807) is 0 Å². The van der Waals surface area contributed by atoms with Gasteiger partial charge >= 0.3 is 0 Å². The van der Waals surface area contributed by atoms with Crippen molar-refractivity contribution in [3.05, 3.63) is 29.6 Å². The minimum Gasteiger partial charge on any atom is -0.329 e. The number of nitrogens with two attached hydrogens (primary N) is 1. The maximum atomic E-state index is 5.51. The lowest BCUT2D eigenvalue weighted by Crippen LogP contribution is -2.34. The predicted octanol–water partition coefficient (Wildman–Crippen LogP) is 1.90. The summed E-state index contributed by atoms with van der Waals surface area (Å²) in [6.07, 6.45) is 6.36. The summed E-state index contributed by atoms with van der Waals surface area (Å²) >= 11 is 0. The molecule has 3 N–H and O–H groups in total. The molecule has 17 heavy (non-hydrogen) atoms. The minimum atomic E-state index is 0.489. The van der Waals surface area contributed by atoms with Crippen LogP contribution in [0.4, 0.5) is 0 Å². The Hall–Kier alpha value is -0.930. The Morgan fingerprint density at radius 1 is 1.41 bits per heavy atom. The lowest BCUT2D eigenvalue weighted by atomic mass is 10.1. The van der Waals surface area contributed by atoms with Gasteiger partial charge < -0.3 is 11.1 Å². The lowest BCUT2D eigenvalue weighted by molar-refractivity contribution is 0.497. The first kappa shape index (κ1) is 14.1. The first-order valence-corrected chi connectivity index (χ1v) is 6.67. The predicted molar refractivity (Wildman–Crippen MR) is 73.1 cm³/mol. The van der Waals surface area contributed by atoms with Crippen LogP contribution >= 0.6 is 0 Å². The van der Waals surface area contributed by atoms with E-state index in [9.17, 15) is 0 Å². The fourth-order valence-corrected chi connectivity index (χ4v) is 1.98. The van der Waals surface area contributed by atoms with Crippen molar-refractivity contribution in [2.45, 2.75) is 45.6 Å². The molecule has 0 spiro atoms. The fourth-order valence-electron chi connectivity index (χ4n) is 1.98. The molecule has 0 amide bonds. The summed E-state index contributed by atoms with van der Waals surface area (Å²) in [6, 6.07) is 4.83. The molecule has 0 bridgehead atoms. The molecule has 0 saturated heterocycles. The third-order valence-electron chi connectivity index (χ3n) is 2.95. The molecule has 0 saturated carbocycles. The van der Waals surface area contributed by atoms with Gasteiger partial charge in [0, 0.05) is 37.4 Å². The van der Waals surface area contributed by atoms with E-state index in [1.807, 2.05) is 6.20 Å². The number of nitrogens with one attached hydrogen (secondary N) is 1. The molecule has 96 valence electrons. The second kappa shape index (κ2) is 8.20. The molecule has 0 radical (unpaired) electrons. The van der Waals surface area contributed by atoms with E-state index in [-0.39, 0.29) is 0 Å². The van der Waals surface area contributed by atoms with Crippen molar-refractivity contribution >= 4 is 0 Å². The maximum absolute atomic E-state index is 5.51. The van der Waals surface area contributed by atoms with Crippen LogP contribution in [0, 0.1) is 0 Å². The quantitative estimate of drug-likeness (QED) is 0.723. The van der Waals surface area contributed by atoms with Gasteiger partial charge in [0.2, 0.25) is 0 Å². The molecule has 3 heteroatoms. The topological polar surface area (TPSA) is 50.9 Å². The first-order chi connectivity index (χ1) is 8.30. The zero-order valence-electron chi connectivity index (χ0n) is 11.1. The number of aromatic nitrogens is 1. The van der Waals surface area contributed by atoms with Gasteiger partial charge in [-0.15, -0.1) is 0 Å². The van der Waals surface area contributed by atoms with Gasteiger partial charge in [0.1, 0.15) is 0 Å². The van der Waals surface area contributed by atoms with Crippen LogP contribution in [0.2, 0.25) is 0 Å². The van der Waals surface area contributed by atoms with Gasteiger partial charge in [0.15, 0.2) is 0 Å². The molecule has 0 aliphatic rings. The number of pyridine rings is 1. The van der Waals surface area contributed by atoms with Gasteiger partial charge in [-0.25, -0.2) is 0 Å². The molecule has 0 aliphatic heterocycles. The normalized spacial score (nSPS) is 12.6. The summed E-state index contributed by atoms with van der Waals surface area (Å²) < 4.78 is 0. The number of hydrogen-bond acceptors (Lipinski definition) is 3. The molecule has 0 fully saturated rings. The second-order valence-corrected chi connectivity index (χ2v) is 4.46. The number of nitrogens with zero attached hydrogens (tertiary/aromatic N) is 1. The average molecular weight is 235 g/mol. The van der Waals surface area contributed by atoms with E-state index in [0.29, 0.717) is 12.6 Å². The first-order valence-electron chi connectivity index (χ1n) is 6.67. The standard InChI is InChI=1S/C14H25N3/c1-3-5-12-6-8-16-14(10-12)11-13(4-2)17-9-7-15/h6,8,10,13,17H,3-5,7,9,11,15H2,1-2H3. The molecule has 0 aliphatic carbocycles. The number of aryl methyl sites for hydroxylation is 1. The summed E-state index contributed by atoms with van der Waals surface area (Å²) in [4.78, 5) is 4.45. The summed E-state index contributed by atoms with van der Waals surface area (Å²) in [5.41, 5.74) is 8.09. The Morgan fingerprint density at radius 3 is 2.88 bits per heavy atom. The van der Waals surface area contributed by atoms with Gasteiger partial charge in [-0.1, -0.05) is 20.3 Å². The van der Waals surface area contributed by atoms with Crippen LogP contribution in [0.5, 0.6) is 0 Å². The Morgan fingerprint density at radius 2 is 2.24 bits per heavy atom. The van der Waals surface area contributed by atoms with E-state index in [0.717, 1.165) is 25.8 Å². The molecule has 1 atom stereocenters. The molecule has 1 heterocycles. The molecular weight excluding hydrogens is 210 g/mol. The van der Waals surface area contributed by atoms with Crippen molar-refractivity contribution in [2.75, 3.05) is 13.1 Å². The SMILES string of the molecule is CCCc1ccnc(CC(CC)NCCN)c1. The smallest absolute Gasteiger partial charge is 0.0421 e.